The van der Waals surface area contributed by atoms with E-state index in [-0.39, 0.29) is 30.4 Å². The van der Waals surface area contributed by atoms with Crippen LogP contribution in [-0.2, 0) is 7.05 Å². The molecule has 0 saturated carbocycles. The molecule has 0 amide bonds. The molecule has 1 fully saturated rings. The number of hydrogen-bond acceptors (Lipinski definition) is 4. The maximum absolute atomic E-state index is 11.5. The summed E-state index contributed by atoms with van der Waals surface area (Å²) in [5.41, 5.74) is 2.79. The summed E-state index contributed by atoms with van der Waals surface area (Å²) in [6.07, 6.45) is 4.09. The lowest BCUT2D eigenvalue weighted by molar-refractivity contribution is 0.170. The quantitative estimate of drug-likeness (QED) is 0.814. The van der Waals surface area contributed by atoms with E-state index in [0.717, 1.165) is 42.9 Å². The minimum Gasteiger partial charge on any atom is -0.318 e. The normalized spacial score (nSPS) is 15.5. The average molecular weight is 385 g/mol. The molecule has 2 aromatic rings. The Bertz CT molecular complexity index is 723. The predicted molar refractivity (Wildman–Crippen MR) is 106 cm³/mol. The molecule has 138 valence electrons. The third kappa shape index (κ3) is 5.03. The van der Waals surface area contributed by atoms with Gasteiger partial charge in [-0.1, -0.05) is 0 Å². The van der Waals surface area contributed by atoms with E-state index >= 15 is 0 Å². The van der Waals surface area contributed by atoms with Crippen LogP contribution in [-0.4, -0.2) is 38.8 Å². The summed E-state index contributed by atoms with van der Waals surface area (Å²) in [7, 11) is 1.75. The molecular weight excluding hydrogens is 359 g/mol. The average Bonchev–Trinajstić information content (AvgIpc) is 2.57. The maximum Gasteiger partial charge on any atom is 0.250 e. The van der Waals surface area contributed by atoms with Crippen LogP contribution in [0.1, 0.15) is 38.3 Å². The molecule has 5 nitrogen and oxygen atoms in total. The highest BCUT2D eigenvalue weighted by molar-refractivity contribution is 5.85. The number of rotatable bonds is 3. The number of pyridine rings is 1. The lowest BCUT2D eigenvalue weighted by atomic mass is 9.92. The molecule has 0 aromatic carbocycles. The molecule has 1 saturated heterocycles. The highest BCUT2D eigenvalue weighted by atomic mass is 35.5. The SMILES string of the molecule is CC(C)N1CCC(c2ccc(-c3ccc(=O)n(C)c3)nn2)CC1.Cl.Cl. The van der Waals surface area contributed by atoms with Crippen molar-refractivity contribution in [2.24, 2.45) is 7.05 Å². The molecule has 7 heteroatoms. The lowest BCUT2D eigenvalue weighted by Gasteiger charge is -2.34. The Morgan fingerprint density at radius 1 is 1.04 bits per heavy atom. The van der Waals surface area contributed by atoms with E-state index in [1.165, 1.54) is 0 Å². The van der Waals surface area contributed by atoms with Crippen LogP contribution in [0, 0.1) is 0 Å². The first-order chi connectivity index (χ1) is 11.0. The van der Waals surface area contributed by atoms with E-state index in [1.807, 2.05) is 6.07 Å². The number of likely N-dealkylation sites (tertiary alicyclic amines) is 1. The predicted octanol–water partition coefficient (Wildman–Crippen LogP) is 3.27. The van der Waals surface area contributed by atoms with Gasteiger partial charge in [-0.3, -0.25) is 4.79 Å². The topological polar surface area (TPSA) is 51.0 Å². The Hall–Kier alpha value is -1.43. The Morgan fingerprint density at radius 3 is 2.24 bits per heavy atom. The Labute approximate surface area is 161 Å². The van der Waals surface area contributed by atoms with Gasteiger partial charge in [-0.2, -0.15) is 10.2 Å². The number of piperidine rings is 1. The maximum atomic E-state index is 11.5. The molecule has 1 aliphatic heterocycles. The van der Waals surface area contributed by atoms with Crippen molar-refractivity contribution >= 4 is 24.8 Å². The summed E-state index contributed by atoms with van der Waals surface area (Å²) < 4.78 is 1.56. The van der Waals surface area contributed by atoms with Gasteiger partial charge < -0.3 is 9.47 Å². The molecule has 0 N–H and O–H groups in total. The van der Waals surface area contributed by atoms with Crippen LogP contribution in [0.25, 0.3) is 11.3 Å². The van der Waals surface area contributed by atoms with Gasteiger partial charge in [-0.15, -0.1) is 24.8 Å². The van der Waals surface area contributed by atoms with Crippen LogP contribution in [0.3, 0.4) is 0 Å². The fourth-order valence-electron chi connectivity index (χ4n) is 3.17. The molecule has 0 unspecified atom stereocenters. The summed E-state index contributed by atoms with van der Waals surface area (Å²) in [6, 6.07) is 8.08. The molecular formula is C18H26Cl2N4O. The fourth-order valence-corrected chi connectivity index (χ4v) is 3.17. The third-order valence-electron chi connectivity index (χ3n) is 4.74. The van der Waals surface area contributed by atoms with Crippen LogP contribution in [0.15, 0.2) is 35.3 Å². The van der Waals surface area contributed by atoms with E-state index < -0.39 is 0 Å². The van der Waals surface area contributed by atoms with Crippen molar-refractivity contribution < 1.29 is 0 Å². The summed E-state index contributed by atoms with van der Waals surface area (Å²) in [6.45, 7) is 6.77. The van der Waals surface area contributed by atoms with E-state index in [4.69, 9.17) is 0 Å². The Balaban J connectivity index is 0.00000156. The highest BCUT2D eigenvalue weighted by Crippen LogP contribution is 2.27. The summed E-state index contributed by atoms with van der Waals surface area (Å²) in [5.74, 6) is 0.506. The second kappa shape index (κ2) is 9.32. The summed E-state index contributed by atoms with van der Waals surface area (Å²) in [4.78, 5) is 14.0. The number of halogens is 2. The van der Waals surface area contributed by atoms with Gasteiger partial charge in [0, 0.05) is 36.8 Å². The molecule has 3 heterocycles. The van der Waals surface area contributed by atoms with Gasteiger partial charge >= 0.3 is 0 Å². The van der Waals surface area contributed by atoms with Gasteiger partial charge in [0.2, 0.25) is 5.56 Å². The van der Waals surface area contributed by atoms with Gasteiger partial charge in [-0.25, -0.2) is 0 Å². The molecule has 0 bridgehead atoms. The second-order valence-corrected chi connectivity index (χ2v) is 6.61. The van der Waals surface area contributed by atoms with Crippen molar-refractivity contribution in [1.29, 1.82) is 0 Å². The summed E-state index contributed by atoms with van der Waals surface area (Å²) >= 11 is 0. The third-order valence-corrected chi connectivity index (χ3v) is 4.74. The zero-order chi connectivity index (χ0) is 16.4. The molecule has 0 radical (unpaired) electrons. The van der Waals surface area contributed by atoms with Crippen molar-refractivity contribution in [3.63, 3.8) is 0 Å². The van der Waals surface area contributed by atoms with Crippen LogP contribution in [0.5, 0.6) is 0 Å². The van der Waals surface area contributed by atoms with Gasteiger partial charge in [0.1, 0.15) is 0 Å². The number of nitrogens with zero attached hydrogens (tertiary/aromatic N) is 4. The molecule has 3 rings (SSSR count). The Kier molecular flexibility index (Phi) is 8.06. The van der Waals surface area contributed by atoms with Crippen LogP contribution in [0.2, 0.25) is 0 Å². The molecule has 0 atom stereocenters. The zero-order valence-corrected chi connectivity index (χ0v) is 16.5. The zero-order valence-electron chi connectivity index (χ0n) is 14.9. The van der Waals surface area contributed by atoms with Crippen LogP contribution in [0.4, 0.5) is 0 Å². The minimum atomic E-state index is -0.0183. The fraction of sp³-hybridized carbons (Fsp3) is 0.500. The van der Waals surface area contributed by atoms with Crippen molar-refractivity contribution in [3.05, 3.63) is 46.5 Å². The van der Waals surface area contributed by atoms with Gasteiger partial charge in [0.05, 0.1) is 11.4 Å². The molecule has 0 aliphatic carbocycles. The minimum absolute atomic E-state index is 0. The summed E-state index contributed by atoms with van der Waals surface area (Å²) in [5, 5.41) is 8.81. The number of aromatic nitrogens is 3. The van der Waals surface area contributed by atoms with E-state index in [2.05, 4.69) is 35.0 Å². The van der Waals surface area contributed by atoms with Crippen LogP contribution < -0.4 is 5.56 Å². The van der Waals surface area contributed by atoms with E-state index in [9.17, 15) is 4.79 Å². The second-order valence-electron chi connectivity index (χ2n) is 6.61. The van der Waals surface area contributed by atoms with Crippen molar-refractivity contribution in [1.82, 2.24) is 19.7 Å². The lowest BCUT2D eigenvalue weighted by Crippen LogP contribution is -2.38. The van der Waals surface area contributed by atoms with E-state index in [1.54, 1.807) is 29.9 Å². The van der Waals surface area contributed by atoms with Crippen LogP contribution >= 0.6 is 24.8 Å². The van der Waals surface area contributed by atoms with E-state index in [0.29, 0.717) is 12.0 Å². The molecule has 25 heavy (non-hydrogen) atoms. The van der Waals surface area contributed by atoms with Gasteiger partial charge in [0.15, 0.2) is 0 Å². The molecule has 0 spiro atoms. The largest absolute Gasteiger partial charge is 0.318 e. The first-order valence-corrected chi connectivity index (χ1v) is 8.29. The molecule has 1 aliphatic rings. The number of hydrogen-bond donors (Lipinski definition) is 0. The van der Waals surface area contributed by atoms with Crippen molar-refractivity contribution in [3.8, 4) is 11.3 Å². The smallest absolute Gasteiger partial charge is 0.250 e. The van der Waals surface area contributed by atoms with Gasteiger partial charge in [-0.05, 0) is 58.0 Å². The highest BCUT2D eigenvalue weighted by Gasteiger charge is 2.23. The van der Waals surface area contributed by atoms with Crippen molar-refractivity contribution in [2.75, 3.05) is 13.1 Å². The first-order valence-electron chi connectivity index (χ1n) is 8.29. The number of aryl methyl sites for hydroxylation is 1. The Morgan fingerprint density at radius 2 is 1.72 bits per heavy atom. The monoisotopic (exact) mass is 384 g/mol. The standard InChI is InChI=1S/C18H24N4O.2ClH/c1-13(2)22-10-8-14(9-11-22)16-5-6-17(20-19-16)15-4-7-18(23)21(3)12-15;;/h4-7,12-14H,8-11H2,1-3H3;2*1H. The first kappa shape index (κ1) is 21.6. The van der Waals surface area contributed by atoms with Crippen molar-refractivity contribution in [2.45, 2.75) is 38.6 Å². The molecule has 2 aromatic heterocycles. The van der Waals surface area contributed by atoms with Gasteiger partial charge in [0.25, 0.3) is 0 Å².